The number of carbonyl (C=O) groups excluding carboxylic acids is 1. The number of esters is 1. The van der Waals surface area contributed by atoms with Gasteiger partial charge in [0.2, 0.25) is 5.71 Å². The normalized spacial score (nSPS) is 14.2. The van der Waals surface area contributed by atoms with E-state index in [0.717, 1.165) is 75.6 Å². The molecule has 1 N–H and O–H groups in total. The van der Waals surface area contributed by atoms with Crippen molar-refractivity contribution >= 4 is 50.1 Å². The number of rotatable bonds is 15. The molecule has 1 aliphatic carbocycles. The molecule has 1 aliphatic rings. The number of anilines is 2. The van der Waals surface area contributed by atoms with Crippen molar-refractivity contribution in [3.63, 3.8) is 0 Å². The predicted molar refractivity (Wildman–Crippen MR) is 191 cm³/mol. The summed E-state index contributed by atoms with van der Waals surface area (Å²) in [5.41, 5.74) is 10.2. The maximum absolute atomic E-state index is 11.3. The van der Waals surface area contributed by atoms with E-state index in [1.165, 1.54) is 12.5 Å². The van der Waals surface area contributed by atoms with Gasteiger partial charge in [-0.1, -0.05) is 58.9 Å². The fraction of sp³-hybridized carbons (Fsp3) is 0.316. The average Bonchev–Trinajstić information content (AvgIpc) is 3.05. The Labute approximate surface area is 276 Å². The van der Waals surface area contributed by atoms with E-state index in [4.69, 9.17) is 9.47 Å². The summed E-state index contributed by atoms with van der Waals surface area (Å²) in [7, 11) is 0. The number of benzene rings is 3. The SMILES string of the molecule is C=CC[NH+]=C1C=CC(=C(c2ccc(N(CC)CCOC(C)=O)cc2)c2ccc(N(CC)CCOCC)cc2Br)c2ccccc21. The van der Waals surface area contributed by atoms with Crippen LogP contribution in [0.4, 0.5) is 11.4 Å². The highest BCUT2D eigenvalue weighted by Crippen LogP contribution is 2.40. The molecule has 4 rings (SSSR count). The molecule has 3 aromatic carbocycles. The first-order valence-corrected chi connectivity index (χ1v) is 16.6. The third kappa shape index (κ3) is 8.62. The van der Waals surface area contributed by atoms with Gasteiger partial charge < -0.3 is 19.3 Å². The lowest BCUT2D eigenvalue weighted by Gasteiger charge is -2.25. The molecule has 0 spiro atoms. The van der Waals surface area contributed by atoms with Gasteiger partial charge in [-0.2, -0.15) is 0 Å². The number of fused-ring (bicyclic) bond motifs is 1. The zero-order valence-electron chi connectivity index (χ0n) is 26.9. The maximum atomic E-state index is 11.3. The van der Waals surface area contributed by atoms with E-state index in [-0.39, 0.29) is 5.97 Å². The summed E-state index contributed by atoms with van der Waals surface area (Å²) in [6, 6.07) is 23.9. The third-order valence-corrected chi connectivity index (χ3v) is 8.53. The van der Waals surface area contributed by atoms with Crippen LogP contribution in [0.1, 0.15) is 49.9 Å². The molecule has 0 aromatic heterocycles. The Hall–Kier alpha value is -3.94. The van der Waals surface area contributed by atoms with Crippen molar-refractivity contribution in [2.75, 3.05) is 62.3 Å². The van der Waals surface area contributed by atoms with E-state index >= 15 is 0 Å². The van der Waals surface area contributed by atoms with Gasteiger partial charge in [0.25, 0.3) is 0 Å². The number of nitrogens with zero attached hydrogens (tertiary/aromatic N) is 2. The summed E-state index contributed by atoms with van der Waals surface area (Å²) in [5.74, 6) is -0.258. The molecule has 236 valence electrons. The average molecular weight is 672 g/mol. The van der Waals surface area contributed by atoms with Gasteiger partial charge in [0.05, 0.1) is 18.7 Å². The van der Waals surface area contributed by atoms with E-state index in [0.29, 0.717) is 26.3 Å². The minimum Gasteiger partial charge on any atom is -0.464 e. The number of ether oxygens (including phenoxy) is 2. The van der Waals surface area contributed by atoms with Crippen molar-refractivity contribution < 1.29 is 19.3 Å². The van der Waals surface area contributed by atoms with Crippen molar-refractivity contribution in [2.24, 2.45) is 0 Å². The monoisotopic (exact) mass is 670 g/mol. The van der Waals surface area contributed by atoms with Gasteiger partial charge in [0.1, 0.15) is 6.61 Å². The molecule has 0 radical (unpaired) electrons. The molecule has 7 heteroatoms. The second-order valence-corrected chi connectivity index (χ2v) is 11.5. The Kier molecular flexibility index (Phi) is 12.8. The zero-order chi connectivity index (χ0) is 32.2. The lowest BCUT2D eigenvalue weighted by molar-refractivity contribution is -0.442. The lowest BCUT2D eigenvalue weighted by atomic mass is 9.83. The summed E-state index contributed by atoms with van der Waals surface area (Å²) in [6.07, 6.45) is 6.26. The van der Waals surface area contributed by atoms with Crippen LogP contribution in [0.2, 0.25) is 0 Å². The number of hydrogen-bond donors (Lipinski definition) is 1. The summed E-state index contributed by atoms with van der Waals surface area (Å²) >= 11 is 3.97. The van der Waals surface area contributed by atoms with Crippen LogP contribution in [-0.4, -0.2) is 64.2 Å². The molecule has 0 heterocycles. The first-order chi connectivity index (χ1) is 21.9. The number of likely N-dealkylation sites (N-methyl/N-ethyl adjacent to an activating group) is 2. The fourth-order valence-corrected chi connectivity index (χ4v) is 6.18. The largest absolute Gasteiger partial charge is 0.464 e. The maximum Gasteiger partial charge on any atom is 0.302 e. The van der Waals surface area contributed by atoms with Crippen LogP contribution in [0, 0.1) is 0 Å². The number of carbonyl (C=O) groups is 1. The van der Waals surface area contributed by atoms with Gasteiger partial charge in [-0.25, -0.2) is 4.99 Å². The van der Waals surface area contributed by atoms with Gasteiger partial charge in [-0.3, -0.25) is 4.79 Å². The Morgan fingerprint density at radius 2 is 1.56 bits per heavy atom. The molecule has 0 saturated heterocycles. The van der Waals surface area contributed by atoms with Gasteiger partial charge >= 0.3 is 5.97 Å². The third-order valence-electron chi connectivity index (χ3n) is 7.88. The molecule has 0 saturated carbocycles. The van der Waals surface area contributed by atoms with Crippen LogP contribution in [0.25, 0.3) is 11.1 Å². The number of hydrogen-bond acceptors (Lipinski definition) is 5. The van der Waals surface area contributed by atoms with Gasteiger partial charge in [0, 0.05) is 55.1 Å². The number of allylic oxidation sites excluding steroid dienone is 3. The lowest BCUT2D eigenvalue weighted by Crippen LogP contribution is -2.72. The highest BCUT2D eigenvalue weighted by atomic mass is 79.9. The summed E-state index contributed by atoms with van der Waals surface area (Å²) in [5, 5.41) is 0. The molecule has 0 atom stereocenters. The van der Waals surface area contributed by atoms with Crippen LogP contribution < -0.4 is 14.8 Å². The summed E-state index contributed by atoms with van der Waals surface area (Å²) in [6.45, 7) is 17.3. The molecule has 0 aliphatic heterocycles. The molecule has 0 fully saturated rings. The molecular weight excluding hydrogens is 626 g/mol. The minimum atomic E-state index is -0.258. The van der Waals surface area contributed by atoms with Crippen molar-refractivity contribution in [3.05, 3.63) is 118 Å². The molecule has 0 bridgehead atoms. The summed E-state index contributed by atoms with van der Waals surface area (Å²) < 4.78 is 11.9. The van der Waals surface area contributed by atoms with Crippen LogP contribution in [0.3, 0.4) is 0 Å². The Morgan fingerprint density at radius 3 is 2.20 bits per heavy atom. The Balaban J connectivity index is 1.83. The molecule has 45 heavy (non-hydrogen) atoms. The number of nitrogens with one attached hydrogen (secondary N) is 1. The zero-order valence-corrected chi connectivity index (χ0v) is 28.5. The van der Waals surface area contributed by atoms with E-state index in [2.05, 4.69) is 130 Å². The van der Waals surface area contributed by atoms with Crippen LogP contribution in [0.15, 0.2) is 96.0 Å². The Morgan fingerprint density at radius 1 is 0.889 bits per heavy atom. The Bertz CT molecular complexity index is 1560. The second kappa shape index (κ2) is 16.9. The van der Waals surface area contributed by atoms with Gasteiger partial charge in [-0.15, -0.1) is 0 Å². The highest BCUT2D eigenvalue weighted by Gasteiger charge is 2.24. The topological polar surface area (TPSA) is 56.0 Å². The quantitative estimate of drug-likeness (QED) is 0.117. The molecular formula is C38H45BrN3O3+. The van der Waals surface area contributed by atoms with Crippen molar-refractivity contribution in [1.82, 2.24) is 0 Å². The molecule has 6 nitrogen and oxygen atoms in total. The van der Waals surface area contributed by atoms with Crippen LogP contribution >= 0.6 is 15.9 Å². The highest BCUT2D eigenvalue weighted by molar-refractivity contribution is 9.10. The van der Waals surface area contributed by atoms with E-state index in [9.17, 15) is 4.79 Å². The number of halogens is 1. The van der Waals surface area contributed by atoms with Crippen LogP contribution in [-0.2, 0) is 14.3 Å². The molecule has 0 unspecified atom stereocenters. The first kappa shape index (κ1) is 33.9. The van der Waals surface area contributed by atoms with Crippen molar-refractivity contribution in [1.29, 1.82) is 0 Å². The second-order valence-electron chi connectivity index (χ2n) is 10.7. The van der Waals surface area contributed by atoms with Crippen LogP contribution in [0.5, 0.6) is 0 Å². The standard InChI is InChI=1S/C38H44BrN3O3/c1-6-22-40-37-21-20-34(32-12-10-11-13-33(32)37)38(29-14-16-30(17-15-29)41(7-2)24-26-45-28(5)43)35-19-18-31(27-36(35)39)42(8-3)23-25-44-9-4/h6,10-21,27H,1,7-9,22-26H2,2-5H3/p+1. The van der Waals surface area contributed by atoms with Crippen molar-refractivity contribution in [2.45, 2.75) is 27.7 Å². The molecule has 3 aromatic rings. The molecule has 0 amide bonds. The predicted octanol–water partition coefficient (Wildman–Crippen LogP) is 6.29. The van der Waals surface area contributed by atoms with Gasteiger partial charge in [-0.05, 0) is 91.1 Å². The van der Waals surface area contributed by atoms with Crippen molar-refractivity contribution in [3.8, 4) is 0 Å². The summed E-state index contributed by atoms with van der Waals surface area (Å²) in [4.78, 5) is 19.4. The first-order valence-electron chi connectivity index (χ1n) is 15.8. The smallest absolute Gasteiger partial charge is 0.302 e. The minimum absolute atomic E-state index is 0.258. The van der Waals surface area contributed by atoms with E-state index in [1.54, 1.807) is 0 Å². The fourth-order valence-electron chi connectivity index (χ4n) is 5.61. The van der Waals surface area contributed by atoms with E-state index in [1.807, 2.05) is 13.0 Å². The van der Waals surface area contributed by atoms with E-state index < -0.39 is 0 Å². The van der Waals surface area contributed by atoms with Gasteiger partial charge in [0.15, 0.2) is 6.54 Å².